The Morgan fingerprint density at radius 2 is 1.88 bits per heavy atom. The fraction of sp³-hybridized carbons (Fsp3) is 0.0909. The molecule has 0 saturated carbocycles. The molecule has 2 aromatic rings. The van der Waals surface area contributed by atoms with Crippen LogP contribution in [0.5, 0.6) is 0 Å². The van der Waals surface area contributed by atoms with Crippen molar-refractivity contribution in [1.82, 2.24) is 0 Å². The summed E-state index contributed by atoms with van der Waals surface area (Å²) in [6.07, 6.45) is 0. The second-order valence-electron chi connectivity index (χ2n) is 3.18. The molecule has 1 aromatic heterocycles. The Balaban J connectivity index is 2.04. The first kappa shape index (κ1) is 12.1. The fourth-order valence-electron chi connectivity index (χ4n) is 1.26. The number of rotatable bonds is 3. The lowest BCUT2D eigenvalue weighted by Gasteiger charge is -2.07. The quantitative estimate of drug-likeness (QED) is 0.807. The van der Waals surface area contributed by atoms with Crippen molar-refractivity contribution in [3.63, 3.8) is 0 Å². The zero-order valence-corrected chi connectivity index (χ0v) is 11.2. The van der Waals surface area contributed by atoms with Crippen LogP contribution in [0.25, 0.3) is 0 Å². The molecule has 0 fully saturated rings. The minimum atomic E-state index is 0.621. The Morgan fingerprint density at radius 1 is 1.06 bits per heavy atom. The summed E-state index contributed by atoms with van der Waals surface area (Å²) in [7, 11) is 0. The van der Waals surface area contributed by atoms with Gasteiger partial charge in [0.1, 0.15) is 0 Å². The van der Waals surface area contributed by atoms with Crippen LogP contribution in [-0.2, 0) is 6.54 Å². The first-order chi connectivity index (χ1) is 7.65. The summed E-state index contributed by atoms with van der Waals surface area (Å²) < 4.78 is 0.791. The molecule has 1 aromatic carbocycles. The average Bonchev–Trinajstić information content (AvgIpc) is 2.63. The van der Waals surface area contributed by atoms with E-state index in [-0.39, 0.29) is 0 Å². The minimum absolute atomic E-state index is 0.621. The summed E-state index contributed by atoms with van der Waals surface area (Å²) in [6, 6.07) is 9.25. The van der Waals surface area contributed by atoms with E-state index in [2.05, 4.69) is 5.32 Å². The summed E-state index contributed by atoms with van der Waals surface area (Å²) in [5.41, 5.74) is 0.871. The number of hydrogen-bond acceptors (Lipinski definition) is 2. The molecule has 1 nitrogen and oxygen atoms in total. The van der Waals surface area contributed by atoms with Gasteiger partial charge in [0.05, 0.1) is 15.0 Å². The van der Waals surface area contributed by atoms with Crippen LogP contribution in [0.1, 0.15) is 4.88 Å². The second kappa shape index (κ2) is 5.28. The van der Waals surface area contributed by atoms with Crippen LogP contribution in [0.3, 0.4) is 0 Å². The molecule has 0 saturated heterocycles. The largest absolute Gasteiger partial charge is 0.379 e. The Morgan fingerprint density at radius 3 is 2.50 bits per heavy atom. The Labute approximate surface area is 113 Å². The van der Waals surface area contributed by atoms with Crippen molar-refractivity contribution in [3.8, 4) is 0 Å². The molecular weight excluding hydrogens is 285 g/mol. The zero-order chi connectivity index (χ0) is 11.5. The van der Waals surface area contributed by atoms with Gasteiger partial charge in [0.15, 0.2) is 0 Å². The van der Waals surface area contributed by atoms with E-state index < -0.39 is 0 Å². The van der Waals surface area contributed by atoms with Crippen LogP contribution in [0.15, 0.2) is 30.3 Å². The van der Waals surface area contributed by atoms with Gasteiger partial charge in [-0.05, 0) is 30.3 Å². The zero-order valence-electron chi connectivity index (χ0n) is 8.14. The van der Waals surface area contributed by atoms with Crippen molar-refractivity contribution >= 4 is 51.8 Å². The Kier molecular flexibility index (Phi) is 3.98. The molecule has 0 radical (unpaired) electrons. The van der Waals surface area contributed by atoms with E-state index >= 15 is 0 Å². The predicted octanol–water partition coefficient (Wildman–Crippen LogP) is 5.32. The minimum Gasteiger partial charge on any atom is -0.379 e. The normalized spacial score (nSPS) is 10.4. The molecule has 84 valence electrons. The average molecular weight is 293 g/mol. The first-order valence-corrected chi connectivity index (χ1v) is 6.53. The maximum Gasteiger partial charge on any atom is 0.0931 e. The van der Waals surface area contributed by atoms with Gasteiger partial charge in [-0.15, -0.1) is 11.3 Å². The van der Waals surface area contributed by atoms with E-state index in [4.69, 9.17) is 34.8 Å². The van der Waals surface area contributed by atoms with Crippen molar-refractivity contribution in [2.45, 2.75) is 6.54 Å². The topological polar surface area (TPSA) is 12.0 Å². The van der Waals surface area contributed by atoms with Crippen LogP contribution >= 0.6 is 46.1 Å². The van der Waals surface area contributed by atoms with Crippen LogP contribution in [-0.4, -0.2) is 0 Å². The third kappa shape index (κ3) is 3.05. The molecule has 0 unspecified atom stereocenters. The van der Waals surface area contributed by atoms with E-state index in [1.165, 1.54) is 0 Å². The Bertz CT molecular complexity index is 496. The van der Waals surface area contributed by atoms with Crippen molar-refractivity contribution in [3.05, 3.63) is 49.6 Å². The number of thiophene rings is 1. The van der Waals surface area contributed by atoms with Crippen LogP contribution in [0.4, 0.5) is 5.69 Å². The van der Waals surface area contributed by atoms with E-state index in [9.17, 15) is 0 Å². The highest BCUT2D eigenvalue weighted by molar-refractivity contribution is 7.16. The predicted molar refractivity (Wildman–Crippen MR) is 73.1 cm³/mol. The van der Waals surface area contributed by atoms with Crippen molar-refractivity contribution < 1.29 is 0 Å². The number of halogens is 3. The SMILES string of the molecule is Clc1ccc(NCc2ccc(Cl)s2)c(Cl)c1. The van der Waals surface area contributed by atoms with Gasteiger partial charge in [0.25, 0.3) is 0 Å². The van der Waals surface area contributed by atoms with Gasteiger partial charge < -0.3 is 5.32 Å². The van der Waals surface area contributed by atoms with Gasteiger partial charge in [0, 0.05) is 16.4 Å². The summed E-state index contributed by atoms with van der Waals surface area (Å²) in [5.74, 6) is 0. The molecule has 5 heteroatoms. The first-order valence-electron chi connectivity index (χ1n) is 4.58. The molecule has 16 heavy (non-hydrogen) atoms. The molecule has 0 spiro atoms. The van der Waals surface area contributed by atoms with E-state index in [0.717, 1.165) is 14.9 Å². The number of nitrogens with one attached hydrogen (secondary N) is 1. The van der Waals surface area contributed by atoms with Gasteiger partial charge >= 0.3 is 0 Å². The summed E-state index contributed by atoms with van der Waals surface area (Å²) in [6.45, 7) is 0.707. The molecule has 0 amide bonds. The number of anilines is 1. The summed E-state index contributed by atoms with van der Waals surface area (Å²) >= 11 is 19.2. The summed E-state index contributed by atoms with van der Waals surface area (Å²) in [4.78, 5) is 1.16. The molecule has 0 atom stereocenters. The third-order valence-corrected chi connectivity index (χ3v) is 3.79. The highest BCUT2D eigenvalue weighted by atomic mass is 35.5. The van der Waals surface area contributed by atoms with E-state index in [0.29, 0.717) is 16.6 Å². The van der Waals surface area contributed by atoms with Crippen molar-refractivity contribution in [2.24, 2.45) is 0 Å². The highest BCUT2D eigenvalue weighted by Crippen LogP contribution is 2.27. The maximum absolute atomic E-state index is 6.03. The second-order valence-corrected chi connectivity index (χ2v) is 5.83. The highest BCUT2D eigenvalue weighted by Gasteiger charge is 2.02. The van der Waals surface area contributed by atoms with Gasteiger partial charge in [-0.3, -0.25) is 0 Å². The molecule has 2 rings (SSSR count). The van der Waals surface area contributed by atoms with Crippen molar-refractivity contribution in [2.75, 3.05) is 5.32 Å². The molecule has 0 aliphatic heterocycles. The lowest BCUT2D eigenvalue weighted by Crippen LogP contribution is -1.97. The van der Waals surface area contributed by atoms with E-state index in [1.54, 1.807) is 23.5 Å². The summed E-state index contributed by atoms with van der Waals surface area (Å²) in [5, 5.41) is 4.49. The molecule has 0 bridgehead atoms. The van der Waals surface area contributed by atoms with Crippen molar-refractivity contribution in [1.29, 1.82) is 0 Å². The number of hydrogen-bond donors (Lipinski definition) is 1. The number of benzene rings is 1. The van der Waals surface area contributed by atoms with Gasteiger partial charge in [-0.25, -0.2) is 0 Å². The van der Waals surface area contributed by atoms with Crippen LogP contribution < -0.4 is 5.32 Å². The smallest absolute Gasteiger partial charge is 0.0931 e. The third-order valence-electron chi connectivity index (χ3n) is 2.01. The monoisotopic (exact) mass is 291 g/mol. The fourth-order valence-corrected chi connectivity index (χ4v) is 2.76. The molecule has 1 N–H and O–H groups in total. The molecular formula is C11H8Cl3NS. The molecule has 1 heterocycles. The van der Waals surface area contributed by atoms with E-state index in [1.807, 2.05) is 18.2 Å². The lowest BCUT2D eigenvalue weighted by atomic mass is 10.3. The molecule has 0 aliphatic rings. The van der Waals surface area contributed by atoms with Gasteiger partial charge in [-0.2, -0.15) is 0 Å². The molecule has 0 aliphatic carbocycles. The lowest BCUT2D eigenvalue weighted by molar-refractivity contribution is 1.19. The van der Waals surface area contributed by atoms with Crippen LogP contribution in [0.2, 0.25) is 14.4 Å². The Hall–Kier alpha value is -0.410. The van der Waals surface area contributed by atoms with Gasteiger partial charge in [-0.1, -0.05) is 34.8 Å². The standard InChI is InChI=1S/C11H8Cl3NS/c12-7-1-3-10(9(13)5-7)15-6-8-2-4-11(14)16-8/h1-5,15H,6H2. The van der Waals surface area contributed by atoms with Crippen LogP contribution in [0, 0.1) is 0 Å². The maximum atomic E-state index is 6.03. The van der Waals surface area contributed by atoms with Gasteiger partial charge in [0.2, 0.25) is 0 Å².